The smallest absolute Gasteiger partial charge is 0.341 e. The minimum Gasteiger partial charge on any atom is -0.474 e. The number of hydrogen-bond donors (Lipinski definition) is 0. The van der Waals surface area contributed by atoms with Crippen molar-refractivity contribution in [2.75, 3.05) is 19.8 Å². The molecule has 7 nitrogen and oxygen atoms in total. The van der Waals surface area contributed by atoms with Crippen LogP contribution in [0.1, 0.15) is 28.6 Å². The fourth-order valence-electron chi connectivity index (χ4n) is 2.55. The van der Waals surface area contributed by atoms with Crippen molar-refractivity contribution in [3.05, 3.63) is 58.0 Å². The molecule has 1 aliphatic rings. The molecule has 3 rings (SSSR count). The highest BCUT2D eigenvalue weighted by Gasteiger charge is 2.47. The molecule has 27 heavy (non-hydrogen) atoms. The van der Waals surface area contributed by atoms with Crippen LogP contribution in [-0.4, -0.2) is 43.2 Å². The lowest BCUT2D eigenvalue weighted by Gasteiger charge is -2.21. The largest absolute Gasteiger partial charge is 0.474 e. The van der Waals surface area contributed by atoms with Gasteiger partial charge in [-0.1, -0.05) is 15.9 Å². The second-order valence-electron chi connectivity index (χ2n) is 5.93. The predicted octanol–water partition coefficient (Wildman–Crippen LogP) is 3.29. The van der Waals surface area contributed by atoms with Crippen molar-refractivity contribution in [1.29, 1.82) is 0 Å². The quantitative estimate of drug-likeness (QED) is 0.646. The molecule has 0 unspecified atom stereocenters. The molecule has 142 valence electrons. The van der Waals surface area contributed by atoms with E-state index in [1.54, 1.807) is 13.8 Å². The number of carbonyl (C=O) groups is 2. The molecular formula is C19H18BrNO6. The van der Waals surface area contributed by atoms with Crippen LogP contribution in [0, 0.1) is 6.92 Å². The minimum atomic E-state index is -1.44. The van der Waals surface area contributed by atoms with E-state index in [2.05, 4.69) is 20.9 Å². The van der Waals surface area contributed by atoms with Crippen molar-refractivity contribution < 1.29 is 28.2 Å². The summed E-state index contributed by atoms with van der Waals surface area (Å²) in [6, 6.07) is 8.81. The number of carbonyl (C=O) groups excluding carboxylic acids is 2. The molecule has 2 aromatic rings. The van der Waals surface area contributed by atoms with Crippen molar-refractivity contribution in [2.24, 2.45) is 4.99 Å². The number of furan rings is 1. The van der Waals surface area contributed by atoms with E-state index in [1.165, 1.54) is 12.3 Å². The summed E-state index contributed by atoms with van der Waals surface area (Å²) in [6.07, 6.45) is 1.40. The van der Waals surface area contributed by atoms with E-state index in [-0.39, 0.29) is 19.8 Å². The maximum absolute atomic E-state index is 12.5. The van der Waals surface area contributed by atoms with Gasteiger partial charge in [0.15, 0.2) is 0 Å². The number of esters is 2. The number of ether oxygens (including phenoxy) is 3. The van der Waals surface area contributed by atoms with Gasteiger partial charge in [0, 0.05) is 10.0 Å². The van der Waals surface area contributed by atoms with Gasteiger partial charge in [-0.15, -0.1) is 0 Å². The van der Waals surface area contributed by atoms with E-state index in [0.717, 1.165) is 4.47 Å². The second-order valence-corrected chi connectivity index (χ2v) is 6.85. The molecule has 0 radical (unpaired) electrons. The lowest BCUT2D eigenvalue weighted by molar-refractivity contribution is -0.151. The normalized spacial score (nSPS) is 18.6. The molecule has 2 heterocycles. The number of aliphatic imine (C=N–C) groups is 1. The molecule has 0 bridgehead atoms. The van der Waals surface area contributed by atoms with Crippen molar-refractivity contribution in [2.45, 2.75) is 19.4 Å². The minimum absolute atomic E-state index is 0.0745. The summed E-state index contributed by atoms with van der Waals surface area (Å²) < 4.78 is 22.1. The maximum Gasteiger partial charge on any atom is 0.341 e. The number of rotatable bonds is 6. The number of hydrogen-bond acceptors (Lipinski definition) is 7. The highest BCUT2D eigenvalue weighted by atomic mass is 79.9. The maximum atomic E-state index is 12.5. The van der Waals surface area contributed by atoms with E-state index in [0.29, 0.717) is 22.8 Å². The Morgan fingerprint density at radius 2 is 1.96 bits per heavy atom. The average Bonchev–Trinajstić information content (AvgIpc) is 3.28. The van der Waals surface area contributed by atoms with Crippen LogP contribution in [0.2, 0.25) is 0 Å². The molecule has 0 spiro atoms. The fourth-order valence-corrected chi connectivity index (χ4v) is 2.81. The lowest BCUT2D eigenvalue weighted by Crippen LogP contribution is -2.45. The third-order valence-electron chi connectivity index (χ3n) is 4.03. The second kappa shape index (κ2) is 7.96. The van der Waals surface area contributed by atoms with Gasteiger partial charge >= 0.3 is 11.9 Å². The molecule has 1 atom stereocenters. The highest BCUT2D eigenvalue weighted by molar-refractivity contribution is 9.10. The standard InChI is InChI=1S/C19H18BrNO6/c1-3-24-18(23)19(11-27-17(22)15-8-9-25-12(15)2)10-26-16(21-19)13-4-6-14(20)7-5-13/h4-9H,3,10-11H2,1-2H3/t19-/m0/s1. The van der Waals surface area contributed by atoms with Crippen LogP contribution in [0.3, 0.4) is 0 Å². The zero-order valence-corrected chi connectivity index (χ0v) is 16.4. The Labute approximate surface area is 164 Å². The zero-order valence-electron chi connectivity index (χ0n) is 14.9. The van der Waals surface area contributed by atoms with Gasteiger partial charge in [-0.3, -0.25) is 0 Å². The summed E-state index contributed by atoms with van der Waals surface area (Å²) >= 11 is 3.37. The number of halogens is 1. The fraction of sp³-hybridized carbons (Fsp3) is 0.316. The topological polar surface area (TPSA) is 87.3 Å². The van der Waals surface area contributed by atoms with E-state index in [9.17, 15) is 9.59 Å². The Morgan fingerprint density at radius 1 is 1.22 bits per heavy atom. The van der Waals surface area contributed by atoms with Crippen molar-refractivity contribution in [3.63, 3.8) is 0 Å². The highest BCUT2D eigenvalue weighted by Crippen LogP contribution is 2.26. The number of nitrogens with zero attached hydrogens (tertiary/aromatic N) is 1. The molecule has 1 aromatic carbocycles. The molecule has 1 aliphatic heterocycles. The molecule has 1 aromatic heterocycles. The Balaban J connectivity index is 1.83. The van der Waals surface area contributed by atoms with Crippen LogP contribution in [0.25, 0.3) is 0 Å². The van der Waals surface area contributed by atoms with Crippen LogP contribution in [0.15, 0.2) is 50.5 Å². The monoisotopic (exact) mass is 435 g/mol. The van der Waals surface area contributed by atoms with Gasteiger partial charge in [-0.05, 0) is 44.2 Å². The van der Waals surface area contributed by atoms with Crippen molar-refractivity contribution in [1.82, 2.24) is 0 Å². The Kier molecular flexibility index (Phi) is 5.65. The van der Waals surface area contributed by atoms with Gasteiger partial charge in [0.25, 0.3) is 0 Å². The van der Waals surface area contributed by atoms with Gasteiger partial charge < -0.3 is 18.6 Å². The first-order valence-electron chi connectivity index (χ1n) is 8.32. The summed E-state index contributed by atoms with van der Waals surface area (Å²) in [7, 11) is 0. The van der Waals surface area contributed by atoms with Gasteiger partial charge in [0.1, 0.15) is 24.5 Å². The summed E-state index contributed by atoms with van der Waals surface area (Å²) in [4.78, 5) is 29.2. The van der Waals surface area contributed by atoms with Crippen LogP contribution in [0.4, 0.5) is 0 Å². The molecular weight excluding hydrogens is 418 g/mol. The molecule has 0 fully saturated rings. The van der Waals surface area contributed by atoms with Gasteiger partial charge in [-0.2, -0.15) is 0 Å². The van der Waals surface area contributed by atoms with Gasteiger partial charge in [0.05, 0.1) is 12.9 Å². The average molecular weight is 436 g/mol. The van der Waals surface area contributed by atoms with E-state index >= 15 is 0 Å². The van der Waals surface area contributed by atoms with Crippen molar-refractivity contribution >= 4 is 33.8 Å². The van der Waals surface area contributed by atoms with E-state index in [1.807, 2.05) is 24.3 Å². The summed E-state index contributed by atoms with van der Waals surface area (Å²) in [5.41, 5.74) is -0.433. The third-order valence-corrected chi connectivity index (χ3v) is 4.56. The zero-order chi connectivity index (χ0) is 19.4. The molecule has 0 saturated heterocycles. The Bertz CT molecular complexity index is 873. The SMILES string of the molecule is CCOC(=O)[C@@]1(COC(=O)c2ccoc2C)COC(c2ccc(Br)cc2)=N1. The van der Waals surface area contributed by atoms with Crippen LogP contribution >= 0.6 is 15.9 Å². The first kappa shape index (κ1) is 19.2. The third kappa shape index (κ3) is 4.05. The first-order chi connectivity index (χ1) is 12.9. The van der Waals surface area contributed by atoms with Crippen molar-refractivity contribution in [3.8, 4) is 0 Å². The van der Waals surface area contributed by atoms with Gasteiger partial charge in [-0.25, -0.2) is 14.6 Å². The molecule has 0 saturated carbocycles. The Hall–Kier alpha value is -2.61. The van der Waals surface area contributed by atoms with E-state index in [4.69, 9.17) is 18.6 Å². The van der Waals surface area contributed by atoms with Crippen LogP contribution < -0.4 is 0 Å². The summed E-state index contributed by atoms with van der Waals surface area (Å²) in [6.45, 7) is 3.16. The number of aryl methyl sites for hydroxylation is 1. The van der Waals surface area contributed by atoms with E-state index < -0.39 is 17.5 Å². The summed E-state index contributed by atoms with van der Waals surface area (Å²) in [5, 5.41) is 0. The van der Waals surface area contributed by atoms with Crippen LogP contribution in [0.5, 0.6) is 0 Å². The van der Waals surface area contributed by atoms with Gasteiger partial charge in [0.2, 0.25) is 11.4 Å². The Morgan fingerprint density at radius 3 is 2.59 bits per heavy atom. The summed E-state index contributed by atoms with van der Waals surface area (Å²) in [5.74, 6) is -0.468. The molecule has 0 aliphatic carbocycles. The molecule has 0 N–H and O–H groups in total. The predicted molar refractivity (Wildman–Crippen MR) is 99.7 cm³/mol. The van der Waals surface area contributed by atoms with Crippen LogP contribution in [-0.2, 0) is 19.0 Å². The molecule has 8 heteroatoms. The first-order valence-corrected chi connectivity index (χ1v) is 9.11. The number of benzene rings is 1. The lowest BCUT2D eigenvalue weighted by atomic mass is 10.0. The molecule has 0 amide bonds.